The number of amides is 2. The Hall–Kier alpha value is -2.41. The van der Waals surface area contributed by atoms with Crippen LogP contribution in [0.3, 0.4) is 0 Å². The van der Waals surface area contributed by atoms with Crippen LogP contribution in [0.1, 0.15) is 10.4 Å². The normalized spacial score (nSPS) is 14.2. The summed E-state index contributed by atoms with van der Waals surface area (Å²) in [4.78, 5) is 25.6. The average Bonchev–Trinajstić information content (AvgIpc) is 2.57. The van der Waals surface area contributed by atoms with Crippen molar-refractivity contribution in [3.8, 4) is 0 Å². The minimum atomic E-state index is -0.470. The first-order chi connectivity index (χ1) is 11.5. The fourth-order valence-electron chi connectivity index (χ4n) is 2.48. The summed E-state index contributed by atoms with van der Waals surface area (Å²) in [6.45, 7) is 1.68. The largest absolute Gasteiger partial charge is 0.360 e. The monoisotopic (exact) mass is 391 g/mol. The SMILES string of the molecule is O=C1CN(c2ccc(NC(=O)c3cc(F)ccc3Br)cc2)CCN1. The van der Waals surface area contributed by atoms with Crippen molar-refractivity contribution >= 4 is 39.1 Å². The van der Waals surface area contributed by atoms with Gasteiger partial charge in [-0.3, -0.25) is 9.59 Å². The molecule has 1 saturated heterocycles. The standard InChI is InChI=1S/C17H15BrFN3O2/c18-15-6-1-11(19)9-14(15)17(24)21-12-2-4-13(5-3-12)22-8-7-20-16(23)10-22/h1-6,9H,7-8,10H2,(H,20,23)(H,21,24). The van der Waals surface area contributed by atoms with Crippen LogP contribution in [0, 0.1) is 5.82 Å². The van der Waals surface area contributed by atoms with E-state index in [4.69, 9.17) is 0 Å². The number of anilines is 2. The van der Waals surface area contributed by atoms with Crippen LogP contribution in [0.4, 0.5) is 15.8 Å². The predicted octanol–water partition coefficient (Wildman–Crippen LogP) is 2.78. The van der Waals surface area contributed by atoms with E-state index in [-0.39, 0.29) is 11.5 Å². The zero-order chi connectivity index (χ0) is 17.1. The van der Waals surface area contributed by atoms with E-state index in [0.717, 1.165) is 12.2 Å². The fraction of sp³-hybridized carbons (Fsp3) is 0.176. The first-order valence-electron chi connectivity index (χ1n) is 7.41. The molecule has 5 nitrogen and oxygen atoms in total. The first-order valence-corrected chi connectivity index (χ1v) is 8.20. The number of hydrogen-bond donors (Lipinski definition) is 2. The van der Waals surface area contributed by atoms with Crippen molar-refractivity contribution in [2.45, 2.75) is 0 Å². The average molecular weight is 392 g/mol. The van der Waals surface area contributed by atoms with Gasteiger partial charge in [-0.1, -0.05) is 0 Å². The van der Waals surface area contributed by atoms with Gasteiger partial charge in [-0.25, -0.2) is 4.39 Å². The van der Waals surface area contributed by atoms with E-state index in [2.05, 4.69) is 26.6 Å². The molecule has 1 heterocycles. The molecule has 3 rings (SSSR count). The van der Waals surface area contributed by atoms with Crippen LogP contribution in [0.5, 0.6) is 0 Å². The van der Waals surface area contributed by atoms with Crippen LogP contribution in [-0.4, -0.2) is 31.4 Å². The molecule has 0 spiro atoms. The molecule has 124 valence electrons. The third kappa shape index (κ3) is 3.73. The van der Waals surface area contributed by atoms with E-state index in [1.807, 2.05) is 17.0 Å². The molecular weight excluding hydrogens is 377 g/mol. The Morgan fingerprint density at radius 3 is 2.67 bits per heavy atom. The van der Waals surface area contributed by atoms with Gasteiger partial charge in [0.25, 0.3) is 5.91 Å². The lowest BCUT2D eigenvalue weighted by Gasteiger charge is -2.28. The van der Waals surface area contributed by atoms with Crippen molar-refractivity contribution in [2.24, 2.45) is 0 Å². The Morgan fingerprint density at radius 2 is 1.96 bits per heavy atom. The van der Waals surface area contributed by atoms with Crippen molar-refractivity contribution in [2.75, 3.05) is 29.9 Å². The van der Waals surface area contributed by atoms with Crippen LogP contribution in [-0.2, 0) is 4.79 Å². The first kappa shape index (κ1) is 16.4. The molecule has 0 saturated carbocycles. The fourth-order valence-corrected chi connectivity index (χ4v) is 2.91. The second-order valence-corrected chi connectivity index (χ2v) is 6.25. The van der Waals surface area contributed by atoms with Crippen molar-refractivity contribution < 1.29 is 14.0 Å². The van der Waals surface area contributed by atoms with Gasteiger partial charge >= 0.3 is 0 Å². The number of halogens is 2. The van der Waals surface area contributed by atoms with Gasteiger partial charge in [0, 0.05) is 28.9 Å². The van der Waals surface area contributed by atoms with E-state index < -0.39 is 11.7 Å². The zero-order valence-electron chi connectivity index (χ0n) is 12.7. The highest BCUT2D eigenvalue weighted by Gasteiger charge is 2.16. The Balaban J connectivity index is 1.71. The molecule has 1 aliphatic rings. The lowest BCUT2D eigenvalue weighted by molar-refractivity contribution is -0.120. The van der Waals surface area contributed by atoms with Gasteiger partial charge in [-0.05, 0) is 58.4 Å². The van der Waals surface area contributed by atoms with Crippen LogP contribution in [0.15, 0.2) is 46.9 Å². The molecule has 2 N–H and O–H groups in total. The third-order valence-corrected chi connectivity index (χ3v) is 4.39. The predicted molar refractivity (Wildman–Crippen MR) is 93.7 cm³/mol. The van der Waals surface area contributed by atoms with E-state index in [1.54, 1.807) is 12.1 Å². The molecule has 0 unspecified atom stereocenters. The van der Waals surface area contributed by atoms with Gasteiger partial charge in [0.1, 0.15) is 5.82 Å². The summed E-state index contributed by atoms with van der Waals surface area (Å²) in [5.41, 5.74) is 1.74. The van der Waals surface area contributed by atoms with Crippen molar-refractivity contribution in [1.82, 2.24) is 5.32 Å². The maximum absolute atomic E-state index is 13.3. The molecular formula is C17H15BrFN3O2. The molecule has 2 aromatic rings. The summed E-state index contributed by atoms with van der Waals surface area (Å²) in [6, 6.07) is 11.2. The summed E-state index contributed by atoms with van der Waals surface area (Å²) in [5, 5.41) is 5.51. The Morgan fingerprint density at radius 1 is 1.21 bits per heavy atom. The Bertz CT molecular complexity index is 780. The van der Waals surface area contributed by atoms with Crippen molar-refractivity contribution in [1.29, 1.82) is 0 Å². The molecule has 7 heteroatoms. The van der Waals surface area contributed by atoms with Gasteiger partial charge in [0.2, 0.25) is 5.91 Å². The highest BCUT2D eigenvalue weighted by molar-refractivity contribution is 9.10. The number of carbonyl (C=O) groups excluding carboxylic acids is 2. The van der Waals surface area contributed by atoms with Crippen LogP contribution in [0.25, 0.3) is 0 Å². The number of benzene rings is 2. The smallest absolute Gasteiger partial charge is 0.256 e. The molecule has 2 aromatic carbocycles. The van der Waals surface area contributed by atoms with Gasteiger partial charge in [0.05, 0.1) is 12.1 Å². The molecule has 24 heavy (non-hydrogen) atoms. The summed E-state index contributed by atoms with van der Waals surface area (Å²) >= 11 is 3.24. The number of carbonyl (C=O) groups is 2. The van der Waals surface area contributed by atoms with Gasteiger partial charge < -0.3 is 15.5 Å². The van der Waals surface area contributed by atoms with Crippen LogP contribution < -0.4 is 15.5 Å². The summed E-state index contributed by atoms with van der Waals surface area (Å²) in [5.74, 6) is -0.872. The molecule has 0 radical (unpaired) electrons. The maximum Gasteiger partial charge on any atom is 0.256 e. The molecule has 0 atom stereocenters. The summed E-state index contributed by atoms with van der Waals surface area (Å²) < 4.78 is 13.8. The molecule has 0 aromatic heterocycles. The summed E-state index contributed by atoms with van der Waals surface area (Å²) in [7, 11) is 0. The zero-order valence-corrected chi connectivity index (χ0v) is 14.3. The molecule has 1 aliphatic heterocycles. The number of nitrogens with one attached hydrogen (secondary N) is 2. The number of rotatable bonds is 3. The molecule has 0 aliphatic carbocycles. The van der Waals surface area contributed by atoms with Gasteiger partial charge in [0.15, 0.2) is 0 Å². The summed E-state index contributed by atoms with van der Waals surface area (Å²) in [6.07, 6.45) is 0. The molecule has 1 fully saturated rings. The third-order valence-electron chi connectivity index (χ3n) is 3.70. The minimum absolute atomic E-state index is 0.00502. The maximum atomic E-state index is 13.3. The topological polar surface area (TPSA) is 61.4 Å². The number of piperazine rings is 1. The van der Waals surface area contributed by atoms with Gasteiger partial charge in [-0.15, -0.1) is 0 Å². The van der Waals surface area contributed by atoms with Crippen LogP contribution >= 0.6 is 15.9 Å². The van der Waals surface area contributed by atoms with E-state index in [9.17, 15) is 14.0 Å². The molecule has 0 bridgehead atoms. The second-order valence-electron chi connectivity index (χ2n) is 5.40. The molecule has 2 amide bonds. The lowest BCUT2D eigenvalue weighted by Crippen LogP contribution is -2.47. The quantitative estimate of drug-likeness (QED) is 0.845. The minimum Gasteiger partial charge on any atom is -0.360 e. The number of hydrogen-bond acceptors (Lipinski definition) is 3. The van der Waals surface area contributed by atoms with Crippen LogP contribution in [0.2, 0.25) is 0 Å². The Kier molecular flexibility index (Phi) is 4.80. The van der Waals surface area contributed by atoms with Gasteiger partial charge in [-0.2, -0.15) is 0 Å². The second kappa shape index (κ2) is 7.00. The lowest BCUT2D eigenvalue weighted by atomic mass is 10.2. The van der Waals surface area contributed by atoms with E-state index in [0.29, 0.717) is 23.2 Å². The van der Waals surface area contributed by atoms with Crippen molar-refractivity contribution in [3.63, 3.8) is 0 Å². The highest BCUT2D eigenvalue weighted by Crippen LogP contribution is 2.22. The van der Waals surface area contributed by atoms with Crippen molar-refractivity contribution in [3.05, 3.63) is 58.3 Å². The number of nitrogens with zero attached hydrogens (tertiary/aromatic N) is 1. The van der Waals surface area contributed by atoms with E-state index in [1.165, 1.54) is 18.2 Å². The Labute approximate surface area is 147 Å². The van der Waals surface area contributed by atoms with E-state index >= 15 is 0 Å². The highest BCUT2D eigenvalue weighted by atomic mass is 79.9.